The van der Waals surface area contributed by atoms with Crippen molar-refractivity contribution >= 4 is 8.32 Å². The van der Waals surface area contributed by atoms with Crippen molar-refractivity contribution in [2.45, 2.75) is 45.5 Å². The van der Waals surface area contributed by atoms with Gasteiger partial charge < -0.3 is 14.3 Å². The first-order valence-corrected chi connectivity index (χ1v) is 9.07. The lowest BCUT2D eigenvalue weighted by Crippen LogP contribution is -2.40. The maximum absolute atomic E-state index is 9.59. The Balaban J connectivity index is 2.78. The minimum Gasteiger partial charge on any atom is -0.508 e. The first kappa shape index (κ1) is 15.1. The molecule has 0 aliphatic rings. The van der Waals surface area contributed by atoms with Gasteiger partial charge in [-0.25, -0.2) is 0 Å². The van der Waals surface area contributed by atoms with Gasteiger partial charge in [-0.3, -0.25) is 0 Å². The third-order valence-electron chi connectivity index (χ3n) is 3.59. The monoisotopic (exact) mass is 268 g/mol. The van der Waals surface area contributed by atoms with E-state index in [1.807, 2.05) is 6.07 Å². The Hall–Kier alpha value is -1.00. The summed E-state index contributed by atoms with van der Waals surface area (Å²) in [5.41, 5.74) is 0.941. The summed E-state index contributed by atoms with van der Waals surface area (Å²) in [7, 11) is -0.165. The molecule has 102 valence electrons. The average Bonchev–Trinajstić information content (AvgIpc) is 2.24. The molecule has 18 heavy (non-hydrogen) atoms. The molecule has 3 nitrogen and oxygen atoms in total. The van der Waals surface area contributed by atoms with Crippen molar-refractivity contribution in [3.05, 3.63) is 23.8 Å². The van der Waals surface area contributed by atoms with Gasteiger partial charge in [-0.15, -0.1) is 0 Å². The fraction of sp³-hybridized carbons (Fsp3) is 0.571. The van der Waals surface area contributed by atoms with Crippen LogP contribution < -0.4 is 4.74 Å². The molecule has 1 rings (SSSR count). The number of aromatic hydroxyl groups is 1. The first-order valence-electron chi connectivity index (χ1n) is 6.16. The lowest BCUT2D eigenvalue weighted by Gasteiger charge is -2.36. The van der Waals surface area contributed by atoms with Crippen molar-refractivity contribution < 1.29 is 14.3 Å². The van der Waals surface area contributed by atoms with Crippen LogP contribution in [0.15, 0.2) is 18.2 Å². The zero-order valence-electron chi connectivity index (χ0n) is 12.2. The van der Waals surface area contributed by atoms with Crippen LogP contribution in [-0.2, 0) is 11.0 Å². The van der Waals surface area contributed by atoms with Gasteiger partial charge in [0.05, 0.1) is 13.7 Å². The number of benzene rings is 1. The van der Waals surface area contributed by atoms with E-state index in [0.29, 0.717) is 12.4 Å². The van der Waals surface area contributed by atoms with Gasteiger partial charge in [-0.1, -0.05) is 20.8 Å². The zero-order chi connectivity index (χ0) is 14.0. The fourth-order valence-electron chi connectivity index (χ4n) is 1.32. The normalized spacial score (nSPS) is 12.6. The van der Waals surface area contributed by atoms with Crippen LogP contribution >= 0.6 is 0 Å². The van der Waals surface area contributed by atoms with E-state index in [9.17, 15) is 5.11 Å². The Morgan fingerprint density at radius 3 is 2.28 bits per heavy atom. The van der Waals surface area contributed by atoms with Gasteiger partial charge in [0, 0.05) is 6.07 Å². The lowest BCUT2D eigenvalue weighted by molar-refractivity contribution is 0.275. The predicted molar refractivity (Wildman–Crippen MR) is 76.6 cm³/mol. The number of phenols is 1. The van der Waals surface area contributed by atoms with Gasteiger partial charge >= 0.3 is 0 Å². The van der Waals surface area contributed by atoms with E-state index in [4.69, 9.17) is 9.16 Å². The molecule has 0 aliphatic carbocycles. The summed E-state index contributed by atoms with van der Waals surface area (Å²) in [4.78, 5) is 0. The van der Waals surface area contributed by atoms with Crippen molar-refractivity contribution in [1.29, 1.82) is 0 Å². The van der Waals surface area contributed by atoms with E-state index in [-0.39, 0.29) is 10.8 Å². The largest absolute Gasteiger partial charge is 0.508 e. The second kappa shape index (κ2) is 5.32. The Morgan fingerprint density at radius 1 is 1.17 bits per heavy atom. The van der Waals surface area contributed by atoms with Crippen LogP contribution in [0.4, 0.5) is 0 Å². The molecule has 0 heterocycles. The Labute approximate surface area is 111 Å². The molecular weight excluding hydrogens is 244 g/mol. The molecule has 4 heteroatoms. The molecule has 0 radical (unpaired) electrons. The molecule has 1 aromatic rings. The third-order valence-corrected chi connectivity index (χ3v) is 8.07. The van der Waals surface area contributed by atoms with E-state index in [1.54, 1.807) is 19.2 Å². The van der Waals surface area contributed by atoms with Crippen LogP contribution in [0.2, 0.25) is 18.1 Å². The van der Waals surface area contributed by atoms with Crippen LogP contribution in [0.5, 0.6) is 11.5 Å². The van der Waals surface area contributed by atoms with Crippen molar-refractivity contribution in [2.24, 2.45) is 0 Å². The number of phenolic OH excluding ortho intramolecular Hbond substituents is 1. The molecule has 0 unspecified atom stereocenters. The van der Waals surface area contributed by atoms with Crippen LogP contribution in [0.1, 0.15) is 26.3 Å². The van der Waals surface area contributed by atoms with E-state index in [1.165, 1.54) is 0 Å². The van der Waals surface area contributed by atoms with Gasteiger partial charge in [0.25, 0.3) is 0 Å². The van der Waals surface area contributed by atoms with Crippen molar-refractivity contribution in [3.8, 4) is 11.5 Å². The number of ether oxygens (including phenoxy) is 1. The van der Waals surface area contributed by atoms with Crippen LogP contribution in [-0.4, -0.2) is 20.5 Å². The summed E-state index contributed by atoms with van der Waals surface area (Å²) < 4.78 is 11.2. The summed E-state index contributed by atoms with van der Waals surface area (Å²) in [6, 6.07) is 5.21. The molecular formula is C14H24O3Si. The summed E-state index contributed by atoms with van der Waals surface area (Å²) in [6.07, 6.45) is 0. The van der Waals surface area contributed by atoms with E-state index in [0.717, 1.165) is 5.56 Å². The minimum absolute atomic E-state index is 0.188. The maximum Gasteiger partial charge on any atom is 0.192 e. The molecule has 0 aliphatic heterocycles. The van der Waals surface area contributed by atoms with E-state index in [2.05, 4.69) is 33.9 Å². The highest BCUT2D eigenvalue weighted by molar-refractivity contribution is 6.74. The molecule has 0 spiro atoms. The average molecular weight is 268 g/mol. The molecule has 0 saturated carbocycles. The van der Waals surface area contributed by atoms with Crippen LogP contribution in [0.3, 0.4) is 0 Å². The highest BCUT2D eigenvalue weighted by Crippen LogP contribution is 2.37. The van der Waals surface area contributed by atoms with Gasteiger partial charge in [0.1, 0.15) is 11.5 Å². The molecule has 0 saturated heterocycles. The summed E-state index contributed by atoms with van der Waals surface area (Å²) in [5.74, 6) is 0.868. The number of hydrogen-bond donors (Lipinski definition) is 1. The second-order valence-corrected chi connectivity index (χ2v) is 10.9. The topological polar surface area (TPSA) is 38.7 Å². The fourth-order valence-corrected chi connectivity index (χ4v) is 2.29. The quantitative estimate of drug-likeness (QED) is 0.841. The minimum atomic E-state index is -1.76. The Morgan fingerprint density at radius 2 is 1.78 bits per heavy atom. The smallest absolute Gasteiger partial charge is 0.192 e. The summed E-state index contributed by atoms with van der Waals surface area (Å²) in [6.45, 7) is 11.6. The predicted octanol–water partition coefficient (Wildman–Crippen LogP) is 3.92. The number of hydrogen-bond acceptors (Lipinski definition) is 3. The Bertz CT molecular complexity index is 408. The van der Waals surface area contributed by atoms with Gasteiger partial charge in [0.15, 0.2) is 8.32 Å². The number of methoxy groups -OCH3 is 1. The highest BCUT2D eigenvalue weighted by atomic mass is 28.4. The lowest BCUT2D eigenvalue weighted by atomic mass is 10.2. The zero-order valence-corrected chi connectivity index (χ0v) is 13.2. The third kappa shape index (κ3) is 3.75. The second-order valence-electron chi connectivity index (χ2n) is 6.09. The molecule has 0 bridgehead atoms. The maximum atomic E-state index is 9.59. The summed E-state index contributed by atoms with van der Waals surface area (Å²) in [5, 5.41) is 9.78. The number of rotatable bonds is 4. The molecule has 1 aromatic carbocycles. The SMILES string of the molecule is COc1cc(O)cc(CO[Si](C)(C)C(C)(C)C)c1. The van der Waals surface area contributed by atoms with Gasteiger partial charge in [0.2, 0.25) is 0 Å². The molecule has 1 N–H and O–H groups in total. The molecule has 0 aromatic heterocycles. The molecule has 0 atom stereocenters. The first-order chi connectivity index (χ1) is 8.15. The highest BCUT2D eigenvalue weighted by Gasteiger charge is 2.37. The van der Waals surface area contributed by atoms with Gasteiger partial charge in [-0.2, -0.15) is 0 Å². The van der Waals surface area contributed by atoms with Crippen molar-refractivity contribution in [2.75, 3.05) is 7.11 Å². The van der Waals surface area contributed by atoms with E-state index < -0.39 is 8.32 Å². The molecule has 0 fully saturated rings. The molecule has 0 amide bonds. The van der Waals surface area contributed by atoms with Crippen molar-refractivity contribution in [3.63, 3.8) is 0 Å². The van der Waals surface area contributed by atoms with Crippen molar-refractivity contribution in [1.82, 2.24) is 0 Å². The van der Waals surface area contributed by atoms with Crippen LogP contribution in [0.25, 0.3) is 0 Å². The van der Waals surface area contributed by atoms with E-state index >= 15 is 0 Å². The summed E-state index contributed by atoms with van der Waals surface area (Å²) >= 11 is 0. The van der Waals surface area contributed by atoms with Crippen LogP contribution in [0, 0.1) is 0 Å². The standard InChI is InChI=1S/C14H24O3Si/c1-14(2,3)18(5,6)17-10-11-7-12(15)9-13(8-11)16-4/h7-9,15H,10H2,1-6H3. The Kier molecular flexibility index (Phi) is 4.45. The van der Waals surface area contributed by atoms with Gasteiger partial charge in [-0.05, 0) is 35.8 Å².